The second-order valence-electron chi connectivity index (χ2n) is 8.26. The molecule has 4 aromatic rings. The van der Waals surface area contributed by atoms with Gasteiger partial charge in [-0.1, -0.05) is 17.7 Å². The van der Waals surface area contributed by atoms with Crippen molar-refractivity contribution < 1.29 is 9.50 Å². The Hall–Kier alpha value is -3.56. The Bertz CT molecular complexity index is 1410. The molecule has 174 valence electrons. The highest BCUT2D eigenvalue weighted by Crippen LogP contribution is 2.35. The topological polar surface area (TPSA) is 97.9 Å². The molecule has 0 spiro atoms. The lowest BCUT2D eigenvalue weighted by Gasteiger charge is -2.18. The number of rotatable bonds is 7. The molecule has 10 heteroatoms. The van der Waals surface area contributed by atoms with Gasteiger partial charge in [-0.05, 0) is 49.6 Å². The predicted molar refractivity (Wildman–Crippen MR) is 127 cm³/mol. The van der Waals surface area contributed by atoms with Gasteiger partial charge in [0.05, 0.1) is 40.8 Å². The molecule has 0 bridgehead atoms. The molecule has 8 nitrogen and oxygen atoms in total. The molecular weight excluding hydrogens is 459 g/mol. The Balaban J connectivity index is 1.41. The fourth-order valence-corrected chi connectivity index (χ4v) is 3.93. The molecule has 1 aliphatic carbocycles. The van der Waals surface area contributed by atoms with Crippen LogP contribution in [0.1, 0.15) is 36.2 Å². The number of aromatic nitrogens is 5. The van der Waals surface area contributed by atoms with E-state index in [-0.39, 0.29) is 17.2 Å². The zero-order valence-electron chi connectivity index (χ0n) is 18.3. The summed E-state index contributed by atoms with van der Waals surface area (Å²) in [7, 11) is 0. The maximum absolute atomic E-state index is 13.9. The number of aliphatic hydroxyl groups is 1. The molecule has 0 saturated heterocycles. The van der Waals surface area contributed by atoms with Gasteiger partial charge in [-0.25, -0.2) is 14.4 Å². The summed E-state index contributed by atoms with van der Waals surface area (Å²) in [5.41, 5.74) is 2.93. The van der Waals surface area contributed by atoms with Gasteiger partial charge in [0.2, 0.25) is 5.95 Å². The molecule has 0 aliphatic heterocycles. The van der Waals surface area contributed by atoms with E-state index in [9.17, 15) is 14.3 Å². The standard InChI is InChI=1S/C24H22ClFN6O2/c1-14-21(12-32(30-14)17-3-4-17)29-24-27-8-6-20(28-24)15-7-9-31(23(34)11-15)22(13-33)16-2-5-18(25)19(26)10-16/h2,5-12,17,22,33H,3-4,13H2,1H3,(H,27,28,29). The number of hydrogen-bond acceptors (Lipinski definition) is 6. The van der Waals surface area contributed by atoms with Crippen LogP contribution in [0.15, 0.2) is 59.8 Å². The quantitative estimate of drug-likeness (QED) is 0.410. The lowest BCUT2D eigenvalue weighted by Crippen LogP contribution is -2.27. The van der Waals surface area contributed by atoms with E-state index in [1.165, 1.54) is 22.8 Å². The van der Waals surface area contributed by atoms with Crippen LogP contribution in [0.2, 0.25) is 5.02 Å². The average Bonchev–Trinajstić information content (AvgIpc) is 3.62. The summed E-state index contributed by atoms with van der Waals surface area (Å²) in [5.74, 6) is -0.216. The summed E-state index contributed by atoms with van der Waals surface area (Å²) in [6.45, 7) is 1.55. The molecule has 34 heavy (non-hydrogen) atoms. The summed E-state index contributed by atoms with van der Waals surface area (Å²) < 4.78 is 17.2. The van der Waals surface area contributed by atoms with Crippen molar-refractivity contribution in [3.05, 3.63) is 87.4 Å². The molecule has 3 aromatic heterocycles. The zero-order chi connectivity index (χ0) is 23.8. The largest absolute Gasteiger partial charge is 0.394 e. The van der Waals surface area contributed by atoms with E-state index >= 15 is 0 Å². The van der Waals surface area contributed by atoms with Crippen LogP contribution in [0.3, 0.4) is 0 Å². The monoisotopic (exact) mass is 480 g/mol. The number of pyridine rings is 1. The van der Waals surface area contributed by atoms with E-state index in [4.69, 9.17) is 11.6 Å². The van der Waals surface area contributed by atoms with Crippen LogP contribution in [0.4, 0.5) is 16.0 Å². The average molecular weight is 481 g/mol. The Morgan fingerprint density at radius 3 is 2.79 bits per heavy atom. The summed E-state index contributed by atoms with van der Waals surface area (Å²) in [6.07, 6.45) is 7.41. The molecular formula is C24H22ClFN6O2. The Morgan fingerprint density at radius 2 is 2.09 bits per heavy atom. The second kappa shape index (κ2) is 9.00. The van der Waals surface area contributed by atoms with Gasteiger partial charge in [0, 0.05) is 30.2 Å². The normalized spacial score (nSPS) is 14.2. The fraction of sp³-hybridized carbons (Fsp3) is 0.250. The lowest BCUT2D eigenvalue weighted by atomic mass is 10.1. The predicted octanol–water partition coefficient (Wildman–Crippen LogP) is 4.26. The Morgan fingerprint density at radius 1 is 1.26 bits per heavy atom. The fourth-order valence-electron chi connectivity index (χ4n) is 3.81. The third kappa shape index (κ3) is 4.44. The van der Waals surface area contributed by atoms with Crippen LogP contribution in [0, 0.1) is 12.7 Å². The molecule has 1 fully saturated rings. The number of nitrogens with one attached hydrogen (secondary N) is 1. The van der Waals surface area contributed by atoms with E-state index in [0.29, 0.717) is 28.8 Å². The Labute approximate surface area is 199 Å². The molecule has 1 aliphatic rings. The number of hydrogen-bond donors (Lipinski definition) is 2. The summed E-state index contributed by atoms with van der Waals surface area (Å²) in [5, 5.41) is 17.6. The van der Waals surface area contributed by atoms with Gasteiger partial charge in [-0.2, -0.15) is 5.10 Å². The first-order valence-electron chi connectivity index (χ1n) is 10.9. The smallest absolute Gasteiger partial charge is 0.251 e. The number of benzene rings is 1. The van der Waals surface area contributed by atoms with Crippen LogP contribution in [-0.4, -0.2) is 36.0 Å². The molecule has 0 amide bonds. The van der Waals surface area contributed by atoms with E-state index in [1.54, 1.807) is 30.6 Å². The summed E-state index contributed by atoms with van der Waals surface area (Å²) >= 11 is 5.76. The summed E-state index contributed by atoms with van der Waals surface area (Å²) in [4.78, 5) is 21.7. The van der Waals surface area contributed by atoms with Gasteiger partial charge in [0.15, 0.2) is 0 Å². The third-order valence-electron chi connectivity index (χ3n) is 5.82. The molecule has 1 unspecified atom stereocenters. The second-order valence-corrected chi connectivity index (χ2v) is 8.67. The van der Waals surface area contributed by atoms with E-state index in [2.05, 4.69) is 20.4 Å². The van der Waals surface area contributed by atoms with Gasteiger partial charge in [-0.15, -0.1) is 0 Å². The molecule has 1 aromatic carbocycles. The van der Waals surface area contributed by atoms with Crippen LogP contribution < -0.4 is 10.9 Å². The molecule has 5 rings (SSSR count). The number of aliphatic hydroxyl groups excluding tert-OH is 1. The number of aryl methyl sites for hydroxylation is 1. The van der Waals surface area contributed by atoms with E-state index < -0.39 is 11.9 Å². The van der Waals surface area contributed by atoms with Crippen molar-refractivity contribution in [2.45, 2.75) is 31.8 Å². The zero-order valence-corrected chi connectivity index (χ0v) is 19.1. The first-order chi connectivity index (χ1) is 16.4. The first kappa shape index (κ1) is 22.2. The van der Waals surface area contributed by atoms with E-state index in [1.807, 2.05) is 17.8 Å². The van der Waals surface area contributed by atoms with Crippen molar-refractivity contribution >= 4 is 23.2 Å². The molecule has 1 atom stereocenters. The van der Waals surface area contributed by atoms with Crippen LogP contribution in [0.25, 0.3) is 11.3 Å². The minimum atomic E-state index is -0.748. The minimum Gasteiger partial charge on any atom is -0.394 e. The SMILES string of the molecule is Cc1nn(C2CC2)cc1Nc1nccc(-c2ccn(C(CO)c3ccc(Cl)c(F)c3)c(=O)c2)n1. The van der Waals surface area contributed by atoms with Crippen molar-refractivity contribution in [3.63, 3.8) is 0 Å². The first-order valence-corrected chi connectivity index (χ1v) is 11.2. The van der Waals surface area contributed by atoms with Gasteiger partial charge in [-0.3, -0.25) is 9.48 Å². The third-order valence-corrected chi connectivity index (χ3v) is 6.13. The van der Waals surface area contributed by atoms with Gasteiger partial charge in [0.25, 0.3) is 5.56 Å². The van der Waals surface area contributed by atoms with Crippen LogP contribution >= 0.6 is 11.6 Å². The van der Waals surface area contributed by atoms with Gasteiger partial charge >= 0.3 is 0 Å². The van der Waals surface area contributed by atoms with Crippen molar-refractivity contribution in [1.29, 1.82) is 0 Å². The number of halogens is 2. The molecule has 2 N–H and O–H groups in total. The molecule has 1 saturated carbocycles. The molecule has 0 radical (unpaired) electrons. The molecule has 3 heterocycles. The van der Waals surface area contributed by atoms with Crippen LogP contribution in [0.5, 0.6) is 0 Å². The highest BCUT2D eigenvalue weighted by Gasteiger charge is 2.25. The highest BCUT2D eigenvalue weighted by molar-refractivity contribution is 6.30. The van der Waals surface area contributed by atoms with Crippen molar-refractivity contribution in [3.8, 4) is 11.3 Å². The van der Waals surface area contributed by atoms with E-state index in [0.717, 1.165) is 24.2 Å². The number of nitrogens with zero attached hydrogens (tertiary/aromatic N) is 5. The van der Waals surface area contributed by atoms with Gasteiger partial charge in [0.1, 0.15) is 5.82 Å². The van der Waals surface area contributed by atoms with Crippen molar-refractivity contribution in [1.82, 2.24) is 24.3 Å². The highest BCUT2D eigenvalue weighted by atomic mass is 35.5. The maximum atomic E-state index is 13.9. The summed E-state index contributed by atoms with van der Waals surface area (Å²) in [6, 6.07) is 8.79. The number of anilines is 2. The van der Waals surface area contributed by atoms with Crippen molar-refractivity contribution in [2.75, 3.05) is 11.9 Å². The van der Waals surface area contributed by atoms with Gasteiger partial charge < -0.3 is 15.0 Å². The van der Waals surface area contributed by atoms with Crippen molar-refractivity contribution in [2.24, 2.45) is 0 Å². The Kier molecular flexibility index (Phi) is 5.89. The van der Waals surface area contributed by atoms with Crippen LogP contribution in [-0.2, 0) is 0 Å². The lowest BCUT2D eigenvalue weighted by molar-refractivity contribution is 0.247. The minimum absolute atomic E-state index is 0.0219. The maximum Gasteiger partial charge on any atom is 0.251 e.